The Morgan fingerprint density at radius 1 is 0.200 bits per heavy atom. The second kappa shape index (κ2) is 14.7. The van der Waals surface area contributed by atoms with Crippen molar-refractivity contribution in [1.29, 1.82) is 0 Å². The first-order chi connectivity index (χ1) is 29.8. The van der Waals surface area contributed by atoms with Crippen LogP contribution in [0, 0.1) is 0 Å². The molecule has 2 aliphatic carbocycles. The van der Waals surface area contributed by atoms with E-state index in [-0.39, 0.29) is 0 Å². The van der Waals surface area contributed by atoms with Crippen LogP contribution < -0.4 is 0 Å². The molecule has 0 heteroatoms. The quantitative estimate of drug-likeness (QED) is 0.145. The topological polar surface area (TPSA) is 0 Å². The van der Waals surface area contributed by atoms with Crippen LogP contribution in [0.25, 0.3) is 22.3 Å². The average molecular weight is 763 g/mol. The van der Waals surface area contributed by atoms with Gasteiger partial charge in [0.25, 0.3) is 0 Å². The van der Waals surface area contributed by atoms with Gasteiger partial charge in [-0.2, -0.15) is 0 Å². The maximum atomic E-state index is 2.44. The molecular weight excluding hydrogens is 721 g/mol. The third-order valence-electron chi connectivity index (χ3n) is 12.9. The lowest BCUT2D eigenvalue weighted by atomic mass is 9.63. The first kappa shape index (κ1) is 35.6. The normalized spacial score (nSPS) is 18.0. The third-order valence-corrected chi connectivity index (χ3v) is 12.9. The van der Waals surface area contributed by atoms with E-state index in [0.29, 0.717) is 0 Å². The Bertz CT molecular complexity index is 2810. The summed E-state index contributed by atoms with van der Waals surface area (Å²) < 4.78 is 0. The van der Waals surface area contributed by atoms with Crippen molar-refractivity contribution in [3.8, 4) is 0 Å². The van der Waals surface area contributed by atoms with Crippen molar-refractivity contribution in [2.24, 2.45) is 0 Å². The molecule has 60 heavy (non-hydrogen) atoms. The van der Waals surface area contributed by atoms with E-state index in [0.717, 1.165) is 0 Å². The summed E-state index contributed by atoms with van der Waals surface area (Å²) in [5.74, 6) is 0. The van der Waals surface area contributed by atoms with Crippen molar-refractivity contribution < 1.29 is 0 Å². The van der Waals surface area contributed by atoms with E-state index in [9.17, 15) is 0 Å². The zero-order valence-electron chi connectivity index (χ0n) is 33.2. The van der Waals surface area contributed by atoms with Crippen LogP contribution in [-0.4, -0.2) is 0 Å². The Hall–Kier alpha value is -7.54. The predicted octanol–water partition coefficient (Wildman–Crippen LogP) is 14.3. The fourth-order valence-corrected chi connectivity index (χ4v) is 10.6. The highest BCUT2D eigenvalue weighted by Gasteiger charge is 2.51. The van der Waals surface area contributed by atoms with E-state index in [1.807, 2.05) is 0 Å². The fraction of sp³-hybridized carbons (Fsp3) is 0.0333. The van der Waals surface area contributed by atoms with Gasteiger partial charge in [-0.05, 0) is 89.1 Å². The van der Waals surface area contributed by atoms with Gasteiger partial charge in [0.1, 0.15) is 0 Å². The van der Waals surface area contributed by atoms with Gasteiger partial charge in [-0.25, -0.2) is 0 Å². The summed E-state index contributed by atoms with van der Waals surface area (Å²) in [6.07, 6.45) is 0. The van der Waals surface area contributed by atoms with Crippen LogP contribution in [0.1, 0.15) is 66.8 Å². The zero-order chi connectivity index (χ0) is 39.9. The molecule has 2 aliphatic rings. The van der Waals surface area contributed by atoms with Crippen LogP contribution in [0.3, 0.4) is 0 Å². The van der Waals surface area contributed by atoms with Crippen LogP contribution in [0.2, 0.25) is 0 Å². The molecule has 0 N–H and O–H groups in total. The molecule has 0 radical (unpaired) electrons. The number of allylic oxidation sites excluding steroid dienone is 2. The standard InChI is InChI=1S/C60H42/c1-7-23-43(24-8-1)55-51-35-19-21-37-53(51)59(47-31-15-5-16-32-47,57(55)45-27-11-3-12-28-45)49-39-41-50(42-40-49)60(48-33-17-6-18-34-48)54-38-22-20-36-52(54)56(44-25-9-2-10-26-44)58(60)46-29-13-4-14-30-46/h1-42H/t59-,60-/m0/s1. The lowest BCUT2D eigenvalue weighted by Crippen LogP contribution is -2.31. The molecule has 0 amide bonds. The molecule has 11 rings (SSSR count). The van der Waals surface area contributed by atoms with Crippen LogP contribution >= 0.6 is 0 Å². The van der Waals surface area contributed by atoms with Crippen molar-refractivity contribution in [1.82, 2.24) is 0 Å². The van der Waals surface area contributed by atoms with Crippen molar-refractivity contribution in [2.45, 2.75) is 10.8 Å². The van der Waals surface area contributed by atoms with Gasteiger partial charge in [0, 0.05) is 0 Å². The molecule has 0 spiro atoms. The third kappa shape index (κ3) is 5.31. The summed E-state index contributed by atoms with van der Waals surface area (Å²) >= 11 is 0. The Morgan fingerprint density at radius 3 is 0.783 bits per heavy atom. The van der Waals surface area contributed by atoms with Crippen molar-refractivity contribution in [3.63, 3.8) is 0 Å². The molecule has 9 aromatic carbocycles. The van der Waals surface area contributed by atoms with Crippen molar-refractivity contribution in [2.75, 3.05) is 0 Å². The summed E-state index contributed by atoms with van der Waals surface area (Å²) in [6, 6.07) is 94.3. The van der Waals surface area contributed by atoms with Crippen molar-refractivity contribution >= 4 is 22.3 Å². The second-order valence-corrected chi connectivity index (χ2v) is 15.9. The molecule has 0 bridgehead atoms. The minimum atomic E-state index is -0.607. The van der Waals surface area contributed by atoms with E-state index in [1.165, 1.54) is 89.1 Å². The number of hydrogen-bond donors (Lipinski definition) is 0. The molecule has 0 aromatic heterocycles. The summed E-state index contributed by atoms with van der Waals surface area (Å²) in [6.45, 7) is 0. The Balaban J connectivity index is 1.24. The van der Waals surface area contributed by atoms with E-state index in [2.05, 4.69) is 255 Å². The highest BCUT2D eigenvalue weighted by Crippen LogP contribution is 2.62. The second-order valence-electron chi connectivity index (χ2n) is 15.9. The van der Waals surface area contributed by atoms with E-state index in [1.54, 1.807) is 0 Å². The molecule has 0 saturated heterocycles. The molecule has 282 valence electrons. The minimum absolute atomic E-state index is 0.607. The number of hydrogen-bond acceptors (Lipinski definition) is 0. The Labute approximate surface area is 353 Å². The predicted molar refractivity (Wildman–Crippen MR) is 250 cm³/mol. The van der Waals surface area contributed by atoms with Gasteiger partial charge in [-0.3, -0.25) is 0 Å². The highest BCUT2D eigenvalue weighted by atomic mass is 14.5. The Kier molecular flexibility index (Phi) is 8.72. The summed E-state index contributed by atoms with van der Waals surface area (Å²) in [5, 5.41) is 0. The van der Waals surface area contributed by atoms with Crippen LogP contribution in [0.5, 0.6) is 0 Å². The number of benzene rings is 9. The number of rotatable bonds is 8. The van der Waals surface area contributed by atoms with Gasteiger partial charge >= 0.3 is 0 Å². The molecule has 0 saturated carbocycles. The van der Waals surface area contributed by atoms with Gasteiger partial charge in [-0.15, -0.1) is 0 Å². The largest absolute Gasteiger partial charge is 0.0719 e. The molecule has 9 aromatic rings. The highest BCUT2D eigenvalue weighted by molar-refractivity contribution is 6.12. The molecule has 2 atom stereocenters. The molecule has 0 fully saturated rings. The van der Waals surface area contributed by atoms with Gasteiger partial charge in [0.05, 0.1) is 10.8 Å². The van der Waals surface area contributed by atoms with Crippen LogP contribution in [0.4, 0.5) is 0 Å². The SMILES string of the molecule is c1ccc(C2=C(c3ccccc3)[C@@](c3ccccc3)(c3ccc([C@]4(c5ccccc5)C(c5ccccc5)=C(c5ccccc5)c5ccccc54)cc3)c3ccccc32)cc1. The zero-order valence-corrected chi connectivity index (χ0v) is 33.2. The van der Waals surface area contributed by atoms with Gasteiger partial charge in [0.2, 0.25) is 0 Å². The smallest absolute Gasteiger partial charge is 0.0622 e. The fourth-order valence-electron chi connectivity index (χ4n) is 10.6. The number of fused-ring (bicyclic) bond motifs is 2. The lowest BCUT2D eigenvalue weighted by Gasteiger charge is -2.38. The molecular formula is C60H42. The van der Waals surface area contributed by atoms with E-state index < -0.39 is 10.8 Å². The minimum Gasteiger partial charge on any atom is -0.0622 e. The molecule has 0 nitrogen and oxygen atoms in total. The first-order valence-electron chi connectivity index (χ1n) is 20.9. The monoisotopic (exact) mass is 762 g/mol. The van der Waals surface area contributed by atoms with Crippen LogP contribution in [0.15, 0.2) is 255 Å². The summed E-state index contributed by atoms with van der Waals surface area (Å²) in [5.41, 5.74) is 18.9. The van der Waals surface area contributed by atoms with Gasteiger partial charge in [-0.1, -0.05) is 255 Å². The maximum Gasteiger partial charge on any atom is 0.0719 e. The lowest BCUT2D eigenvalue weighted by molar-refractivity contribution is 0.794. The van der Waals surface area contributed by atoms with Gasteiger partial charge < -0.3 is 0 Å². The van der Waals surface area contributed by atoms with Crippen LogP contribution in [-0.2, 0) is 10.8 Å². The maximum absolute atomic E-state index is 2.44. The summed E-state index contributed by atoms with van der Waals surface area (Å²) in [4.78, 5) is 0. The van der Waals surface area contributed by atoms with Crippen molar-refractivity contribution in [3.05, 3.63) is 322 Å². The average Bonchev–Trinajstić information content (AvgIpc) is 3.83. The van der Waals surface area contributed by atoms with E-state index in [4.69, 9.17) is 0 Å². The summed E-state index contributed by atoms with van der Waals surface area (Å²) in [7, 11) is 0. The molecule has 0 aliphatic heterocycles. The molecule has 0 unspecified atom stereocenters. The Morgan fingerprint density at radius 2 is 0.450 bits per heavy atom. The van der Waals surface area contributed by atoms with Gasteiger partial charge in [0.15, 0.2) is 0 Å². The molecule has 0 heterocycles. The van der Waals surface area contributed by atoms with E-state index >= 15 is 0 Å². The first-order valence-corrected chi connectivity index (χ1v) is 20.9.